The van der Waals surface area contributed by atoms with E-state index in [1.165, 1.54) is 0 Å². The van der Waals surface area contributed by atoms with Crippen LogP contribution in [-0.2, 0) is 6.42 Å². The largest absolute Gasteiger partial charge is 0.316 e. The van der Waals surface area contributed by atoms with Crippen molar-refractivity contribution in [3.8, 4) is 0 Å². The van der Waals surface area contributed by atoms with Crippen molar-refractivity contribution in [2.75, 3.05) is 13.1 Å². The van der Waals surface area contributed by atoms with E-state index >= 15 is 0 Å². The third-order valence-electron chi connectivity index (χ3n) is 2.73. The van der Waals surface area contributed by atoms with Gasteiger partial charge in [-0.2, -0.15) is 0 Å². The predicted octanol–water partition coefficient (Wildman–Crippen LogP) is 4.67. The Labute approximate surface area is 122 Å². The molecule has 0 spiro atoms. The fourth-order valence-electron chi connectivity index (χ4n) is 1.79. The van der Waals surface area contributed by atoms with Gasteiger partial charge in [-0.1, -0.05) is 38.4 Å². The zero-order valence-electron chi connectivity index (χ0n) is 11.1. The first-order valence-electron chi connectivity index (χ1n) is 6.25. The minimum Gasteiger partial charge on any atom is -0.316 e. The molecule has 0 saturated carbocycles. The zero-order chi connectivity index (χ0) is 13.7. The van der Waals surface area contributed by atoms with E-state index in [-0.39, 0.29) is 10.8 Å². The van der Waals surface area contributed by atoms with Gasteiger partial charge in [0.25, 0.3) is 0 Å². The fourth-order valence-corrected chi connectivity index (χ4v) is 2.28. The standard InChI is InChI=1S/C14H20BrClFN/c1-9(2)7-18-8-10(3)6-11-4-5-12(15)13(16)14(11)17/h4-5,9-10,18H,6-8H2,1-3H3. The van der Waals surface area contributed by atoms with E-state index in [1.807, 2.05) is 0 Å². The number of rotatable bonds is 6. The van der Waals surface area contributed by atoms with Crippen molar-refractivity contribution in [2.24, 2.45) is 11.8 Å². The molecule has 1 unspecified atom stereocenters. The Morgan fingerprint density at radius 2 is 1.94 bits per heavy atom. The number of hydrogen-bond acceptors (Lipinski definition) is 1. The molecule has 0 radical (unpaired) electrons. The van der Waals surface area contributed by atoms with Crippen LogP contribution in [-0.4, -0.2) is 13.1 Å². The minimum atomic E-state index is -0.304. The number of halogens is 3. The molecule has 1 atom stereocenters. The molecule has 18 heavy (non-hydrogen) atoms. The van der Waals surface area contributed by atoms with Gasteiger partial charge >= 0.3 is 0 Å². The van der Waals surface area contributed by atoms with E-state index in [4.69, 9.17) is 11.6 Å². The average Bonchev–Trinajstić information content (AvgIpc) is 2.29. The van der Waals surface area contributed by atoms with Gasteiger partial charge in [0.1, 0.15) is 5.82 Å². The average molecular weight is 337 g/mol. The van der Waals surface area contributed by atoms with Gasteiger partial charge in [-0.25, -0.2) is 4.39 Å². The Balaban J connectivity index is 2.54. The Bertz CT molecular complexity index is 396. The van der Waals surface area contributed by atoms with E-state index in [1.54, 1.807) is 12.1 Å². The summed E-state index contributed by atoms with van der Waals surface area (Å²) in [7, 11) is 0. The summed E-state index contributed by atoms with van der Waals surface area (Å²) in [5, 5.41) is 3.56. The Hall–Kier alpha value is -0.120. The van der Waals surface area contributed by atoms with Gasteiger partial charge in [-0.3, -0.25) is 0 Å². The van der Waals surface area contributed by atoms with Crippen molar-refractivity contribution in [1.29, 1.82) is 0 Å². The summed E-state index contributed by atoms with van der Waals surface area (Å²) < 4.78 is 14.5. The smallest absolute Gasteiger partial charge is 0.146 e. The van der Waals surface area contributed by atoms with Gasteiger partial charge in [0.2, 0.25) is 0 Å². The second kappa shape index (κ2) is 7.46. The lowest BCUT2D eigenvalue weighted by Gasteiger charge is -2.15. The summed E-state index contributed by atoms with van der Waals surface area (Å²) in [4.78, 5) is 0. The van der Waals surface area contributed by atoms with Crippen LogP contribution in [0.1, 0.15) is 26.3 Å². The highest BCUT2D eigenvalue weighted by molar-refractivity contribution is 9.10. The topological polar surface area (TPSA) is 12.0 Å². The first kappa shape index (κ1) is 15.9. The molecule has 0 saturated heterocycles. The molecule has 0 bridgehead atoms. The lowest BCUT2D eigenvalue weighted by molar-refractivity contribution is 0.466. The maximum absolute atomic E-state index is 13.9. The molecule has 0 aliphatic carbocycles. The van der Waals surface area contributed by atoms with Gasteiger partial charge in [0.15, 0.2) is 0 Å². The third kappa shape index (κ3) is 4.87. The molecule has 1 N–H and O–H groups in total. The third-order valence-corrected chi connectivity index (χ3v) is 3.99. The first-order valence-corrected chi connectivity index (χ1v) is 7.42. The lowest BCUT2D eigenvalue weighted by Crippen LogP contribution is -2.26. The molecule has 0 fully saturated rings. The minimum absolute atomic E-state index is 0.176. The number of nitrogens with one attached hydrogen (secondary N) is 1. The molecule has 0 heterocycles. The zero-order valence-corrected chi connectivity index (χ0v) is 13.4. The molecular formula is C14H20BrClFN. The van der Waals surface area contributed by atoms with Crippen molar-refractivity contribution >= 4 is 27.5 Å². The molecule has 1 nitrogen and oxygen atoms in total. The van der Waals surface area contributed by atoms with Gasteiger partial charge in [-0.05, 0) is 58.9 Å². The van der Waals surface area contributed by atoms with Crippen LogP contribution >= 0.6 is 27.5 Å². The van der Waals surface area contributed by atoms with E-state index in [0.29, 0.717) is 28.3 Å². The monoisotopic (exact) mass is 335 g/mol. The lowest BCUT2D eigenvalue weighted by atomic mass is 10.0. The van der Waals surface area contributed by atoms with Crippen LogP contribution in [0.4, 0.5) is 4.39 Å². The van der Waals surface area contributed by atoms with Gasteiger partial charge in [0.05, 0.1) is 5.02 Å². The van der Waals surface area contributed by atoms with E-state index in [0.717, 1.165) is 13.1 Å². The van der Waals surface area contributed by atoms with Crippen molar-refractivity contribution in [3.05, 3.63) is 33.0 Å². The van der Waals surface area contributed by atoms with Gasteiger partial charge in [-0.15, -0.1) is 0 Å². The molecule has 1 aromatic carbocycles. The predicted molar refractivity (Wildman–Crippen MR) is 79.7 cm³/mol. The van der Waals surface area contributed by atoms with Crippen LogP contribution in [0.15, 0.2) is 16.6 Å². The van der Waals surface area contributed by atoms with Crippen LogP contribution in [0.5, 0.6) is 0 Å². The highest BCUT2D eigenvalue weighted by atomic mass is 79.9. The summed E-state index contributed by atoms with van der Waals surface area (Å²) >= 11 is 9.09. The van der Waals surface area contributed by atoms with Crippen LogP contribution in [0.3, 0.4) is 0 Å². The molecule has 1 rings (SSSR count). The summed E-state index contributed by atoms with van der Waals surface area (Å²) in [5.74, 6) is 0.716. The second-order valence-electron chi connectivity index (χ2n) is 5.20. The molecule has 0 aliphatic heterocycles. The highest BCUT2D eigenvalue weighted by Crippen LogP contribution is 2.28. The van der Waals surface area contributed by atoms with E-state index in [2.05, 4.69) is 42.0 Å². The quantitative estimate of drug-likeness (QED) is 0.745. The summed E-state index contributed by atoms with van der Waals surface area (Å²) in [6.45, 7) is 8.35. The van der Waals surface area contributed by atoms with Crippen LogP contribution < -0.4 is 5.32 Å². The molecule has 0 amide bonds. The fraction of sp³-hybridized carbons (Fsp3) is 0.571. The second-order valence-corrected chi connectivity index (χ2v) is 6.43. The van der Waals surface area contributed by atoms with E-state index in [9.17, 15) is 4.39 Å². The molecule has 4 heteroatoms. The van der Waals surface area contributed by atoms with Crippen molar-refractivity contribution in [1.82, 2.24) is 5.32 Å². The Morgan fingerprint density at radius 3 is 2.56 bits per heavy atom. The van der Waals surface area contributed by atoms with Crippen LogP contribution in [0.25, 0.3) is 0 Å². The molecule has 1 aromatic rings. The van der Waals surface area contributed by atoms with E-state index < -0.39 is 0 Å². The summed E-state index contributed by atoms with van der Waals surface area (Å²) in [5.41, 5.74) is 0.682. The number of hydrogen-bond donors (Lipinski definition) is 1. The van der Waals surface area contributed by atoms with Crippen molar-refractivity contribution in [3.63, 3.8) is 0 Å². The summed E-state index contributed by atoms with van der Waals surface area (Å²) in [6.07, 6.45) is 0.698. The highest BCUT2D eigenvalue weighted by Gasteiger charge is 2.12. The molecule has 102 valence electrons. The number of benzene rings is 1. The van der Waals surface area contributed by atoms with Crippen molar-refractivity contribution in [2.45, 2.75) is 27.2 Å². The van der Waals surface area contributed by atoms with Crippen LogP contribution in [0, 0.1) is 17.7 Å². The molecular weight excluding hydrogens is 317 g/mol. The molecule has 0 aliphatic rings. The Morgan fingerprint density at radius 1 is 1.28 bits per heavy atom. The van der Waals surface area contributed by atoms with Gasteiger partial charge in [0, 0.05) is 4.47 Å². The summed E-state index contributed by atoms with van der Waals surface area (Å²) in [6, 6.07) is 3.60. The normalized spacial score (nSPS) is 13.1. The SMILES string of the molecule is CC(C)CNCC(C)Cc1ccc(Br)c(Cl)c1F. The maximum Gasteiger partial charge on any atom is 0.146 e. The maximum atomic E-state index is 13.9. The van der Waals surface area contributed by atoms with Crippen molar-refractivity contribution < 1.29 is 4.39 Å². The Kier molecular flexibility index (Phi) is 6.61. The first-order chi connectivity index (χ1) is 8.41. The van der Waals surface area contributed by atoms with Gasteiger partial charge < -0.3 is 5.32 Å². The van der Waals surface area contributed by atoms with Crippen LogP contribution in [0.2, 0.25) is 5.02 Å². The molecule has 0 aromatic heterocycles.